The van der Waals surface area contributed by atoms with Crippen LogP contribution in [-0.2, 0) is 11.8 Å². The van der Waals surface area contributed by atoms with E-state index in [1.54, 1.807) is 41.2 Å². The fraction of sp³-hybridized carbons (Fsp3) is 0.235. The summed E-state index contributed by atoms with van der Waals surface area (Å²) in [5, 5.41) is 7.97. The van der Waals surface area contributed by atoms with Gasteiger partial charge in [0.05, 0.1) is 11.9 Å². The van der Waals surface area contributed by atoms with Crippen LogP contribution in [0.5, 0.6) is 0 Å². The summed E-state index contributed by atoms with van der Waals surface area (Å²) in [5.41, 5.74) is 2.20. The van der Waals surface area contributed by atoms with Crippen LogP contribution in [0.2, 0.25) is 0 Å². The molecular formula is C17H17N5O2. The van der Waals surface area contributed by atoms with Crippen LogP contribution < -0.4 is 10.2 Å². The first-order valence-corrected chi connectivity index (χ1v) is 7.80. The number of aryl methyl sites for hydroxylation is 1. The lowest BCUT2D eigenvalue weighted by Gasteiger charge is -2.15. The molecule has 0 bridgehead atoms. The molecule has 24 heavy (non-hydrogen) atoms. The standard InChI is InChI=1S/C17H17N5O2/c1-21-10-13(9-19-21)22-7-5-14(17(22)24)20-16(23)12-3-2-11-4-6-18-15(11)8-12/h2-4,6,8-10,14,18H,5,7H2,1H3,(H,20,23). The van der Waals surface area contributed by atoms with Gasteiger partial charge in [-0.05, 0) is 30.0 Å². The van der Waals surface area contributed by atoms with E-state index in [4.69, 9.17) is 0 Å². The van der Waals surface area contributed by atoms with Gasteiger partial charge in [-0.1, -0.05) is 6.07 Å². The number of carbonyl (C=O) groups excluding carboxylic acids is 2. The Kier molecular flexibility index (Phi) is 3.34. The van der Waals surface area contributed by atoms with Crippen molar-refractivity contribution >= 4 is 28.4 Å². The minimum atomic E-state index is -0.503. The highest BCUT2D eigenvalue weighted by Crippen LogP contribution is 2.21. The van der Waals surface area contributed by atoms with Crippen molar-refractivity contribution < 1.29 is 9.59 Å². The van der Waals surface area contributed by atoms with Gasteiger partial charge in [-0.25, -0.2) is 0 Å². The zero-order valence-corrected chi connectivity index (χ0v) is 13.2. The number of aromatic nitrogens is 3. The van der Waals surface area contributed by atoms with Crippen LogP contribution in [0.3, 0.4) is 0 Å². The van der Waals surface area contributed by atoms with Crippen molar-refractivity contribution in [1.82, 2.24) is 20.1 Å². The van der Waals surface area contributed by atoms with Gasteiger partial charge in [0.2, 0.25) is 5.91 Å². The van der Waals surface area contributed by atoms with Crippen molar-refractivity contribution in [2.75, 3.05) is 11.4 Å². The van der Waals surface area contributed by atoms with Crippen LogP contribution in [0.4, 0.5) is 5.69 Å². The van der Waals surface area contributed by atoms with Gasteiger partial charge in [-0.15, -0.1) is 0 Å². The normalized spacial score (nSPS) is 17.6. The summed E-state index contributed by atoms with van der Waals surface area (Å²) in [6.07, 6.45) is 5.87. The molecule has 2 N–H and O–H groups in total. The van der Waals surface area contributed by atoms with E-state index in [0.29, 0.717) is 18.5 Å². The van der Waals surface area contributed by atoms with Gasteiger partial charge in [0.15, 0.2) is 0 Å². The second-order valence-electron chi connectivity index (χ2n) is 5.96. The molecule has 1 fully saturated rings. The molecule has 0 saturated carbocycles. The highest BCUT2D eigenvalue weighted by molar-refractivity contribution is 6.04. The fourth-order valence-corrected chi connectivity index (χ4v) is 3.05. The third-order valence-electron chi connectivity index (χ3n) is 4.33. The molecule has 0 aliphatic carbocycles. The zero-order chi connectivity index (χ0) is 16.7. The molecule has 4 rings (SSSR count). The maximum Gasteiger partial charge on any atom is 0.252 e. The van der Waals surface area contributed by atoms with Gasteiger partial charge in [-0.3, -0.25) is 14.3 Å². The van der Waals surface area contributed by atoms with E-state index in [9.17, 15) is 9.59 Å². The number of anilines is 1. The fourth-order valence-electron chi connectivity index (χ4n) is 3.05. The summed E-state index contributed by atoms with van der Waals surface area (Å²) in [6.45, 7) is 0.575. The first kappa shape index (κ1) is 14.5. The van der Waals surface area contributed by atoms with Crippen molar-refractivity contribution in [2.45, 2.75) is 12.5 Å². The van der Waals surface area contributed by atoms with E-state index in [2.05, 4.69) is 15.4 Å². The minimum absolute atomic E-state index is 0.0997. The SMILES string of the molecule is Cn1cc(N2CCC(NC(=O)c3ccc4cc[nH]c4c3)C2=O)cn1. The van der Waals surface area contributed by atoms with Crippen molar-refractivity contribution in [2.24, 2.45) is 7.05 Å². The van der Waals surface area contributed by atoms with E-state index in [1.807, 2.05) is 18.3 Å². The molecule has 1 aliphatic rings. The molecule has 7 nitrogen and oxygen atoms in total. The summed E-state index contributed by atoms with van der Waals surface area (Å²) in [6, 6.07) is 6.90. The number of hydrogen-bond acceptors (Lipinski definition) is 3. The Bertz CT molecular complexity index is 926. The molecule has 2 aromatic heterocycles. The predicted octanol–water partition coefficient (Wildman–Crippen LogP) is 1.44. The Morgan fingerprint density at radius 1 is 1.38 bits per heavy atom. The van der Waals surface area contributed by atoms with Crippen molar-refractivity contribution in [3.63, 3.8) is 0 Å². The number of fused-ring (bicyclic) bond motifs is 1. The first-order chi connectivity index (χ1) is 11.6. The number of nitrogens with one attached hydrogen (secondary N) is 2. The van der Waals surface area contributed by atoms with Crippen molar-refractivity contribution in [3.8, 4) is 0 Å². The van der Waals surface area contributed by atoms with E-state index in [-0.39, 0.29) is 11.8 Å². The molecule has 2 amide bonds. The van der Waals surface area contributed by atoms with E-state index in [0.717, 1.165) is 16.6 Å². The number of aromatic amines is 1. The number of rotatable bonds is 3. The molecule has 7 heteroatoms. The molecule has 1 unspecified atom stereocenters. The maximum atomic E-state index is 12.5. The molecule has 3 aromatic rings. The molecular weight excluding hydrogens is 306 g/mol. The van der Waals surface area contributed by atoms with Gasteiger partial charge in [-0.2, -0.15) is 5.10 Å². The Morgan fingerprint density at radius 2 is 2.25 bits per heavy atom. The monoisotopic (exact) mass is 323 g/mol. The Labute approximate surface area is 138 Å². The number of nitrogens with zero attached hydrogens (tertiary/aromatic N) is 3. The number of H-pyrrole nitrogens is 1. The molecule has 0 radical (unpaired) electrons. The smallest absolute Gasteiger partial charge is 0.252 e. The summed E-state index contributed by atoms with van der Waals surface area (Å²) in [4.78, 5) is 29.7. The predicted molar refractivity (Wildman–Crippen MR) is 89.7 cm³/mol. The third kappa shape index (κ3) is 2.44. The van der Waals surface area contributed by atoms with Crippen molar-refractivity contribution in [1.29, 1.82) is 0 Å². The summed E-state index contributed by atoms with van der Waals surface area (Å²) >= 11 is 0. The summed E-state index contributed by atoms with van der Waals surface area (Å²) in [7, 11) is 1.81. The van der Waals surface area contributed by atoms with Gasteiger partial charge in [0, 0.05) is 37.1 Å². The molecule has 1 aliphatic heterocycles. The van der Waals surface area contributed by atoms with Crippen LogP contribution in [0.25, 0.3) is 10.9 Å². The Hall–Kier alpha value is -3.09. The lowest BCUT2D eigenvalue weighted by molar-refractivity contribution is -0.118. The minimum Gasteiger partial charge on any atom is -0.361 e. The van der Waals surface area contributed by atoms with Gasteiger partial charge in [0.25, 0.3) is 5.91 Å². The largest absolute Gasteiger partial charge is 0.361 e. The average Bonchev–Trinajstić information content (AvgIpc) is 3.28. The third-order valence-corrected chi connectivity index (χ3v) is 4.33. The highest BCUT2D eigenvalue weighted by Gasteiger charge is 2.34. The van der Waals surface area contributed by atoms with E-state index < -0.39 is 6.04 Å². The average molecular weight is 323 g/mol. The Morgan fingerprint density at radius 3 is 3.04 bits per heavy atom. The van der Waals surface area contributed by atoms with Crippen LogP contribution in [-0.4, -0.2) is 39.2 Å². The van der Waals surface area contributed by atoms with Crippen LogP contribution in [0.15, 0.2) is 42.9 Å². The Balaban J connectivity index is 1.48. The van der Waals surface area contributed by atoms with Crippen LogP contribution >= 0.6 is 0 Å². The summed E-state index contributed by atoms with van der Waals surface area (Å²) < 4.78 is 1.65. The zero-order valence-electron chi connectivity index (χ0n) is 13.2. The van der Waals surface area contributed by atoms with Gasteiger partial charge >= 0.3 is 0 Å². The lowest BCUT2D eigenvalue weighted by Crippen LogP contribution is -2.41. The van der Waals surface area contributed by atoms with E-state index in [1.165, 1.54) is 0 Å². The second kappa shape index (κ2) is 5.52. The summed E-state index contributed by atoms with van der Waals surface area (Å²) in [5.74, 6) is -0.338. The molecule has 1 aromatic carbocycles. The molecule has 0 spiro atoms. The highest BCUT2D eigenvalue weighted by atomic mass is 16.2. The quantitative estimate of drug-likeness (QED) is 0.765. The molecule has 122 valence electrons. The molecule has 1 saturated heterocycles. The number of amides is 2. The van der Waals surface area contributed by atoms with Crippen LogP contribution in [0.1, 0.15) is 16.8 Å². The lowest BCUT2D eigenvalue weighted by atomic mass is 10.1. The number of benzene rings is 1. The first-order valence-electron chi connectivity index (χ1n) is 7.80. The topological polar surface area (TPSA) is 83.0 Å². The number of carbonyl (C=O) groups is 2. The molecule has 1 atom stereocenters. The van der Waals surface area contributed by atoms with Gasteiger partial charge in [0.1, 0.15) is 6.04 Å². The van der Waals surface area contributed by atoms with Crippen molar-refractivity contribution in [3.05, 3.63) is 48.4 Å². The van der Waals surface area contributed by atoms with Crippen LogP contribution in [0, 0.1) is 0 Å². The van der Waals surface area contributed by atoms with Gasteiger partial charge < -0.3 is 15.2 Å². The molecule has 3 heterocycles. The van der Waals surface area contributed by atoms with E-state index >= 15 is 0 Å². The maximum absolute atomic E-state index is 12.5. The number of hydrogen-bond donors (Lipinski definition) is 2. The second-order valence-corrected chi connectivity index (χ2v) is 5.96.